The molecule has 0 aromatic carbocycles. The molecule has 1 atom stereocenters. The Labute approximate surface area is 162 Å². The van der Waals surface area contributed by atoms with Crippen LogP contribution in [-0.2, 0) is 6.54 Å². The van der Waals surface area contributed by atoms with Crippen LogP contribution in [0.2, 0.25) is 0 Å². The molecule has 0 unspecified atom stereocenters. The summed E-state index contributed by atoms with van der Waals surface area (Å²) in [7, 11) is 0. The van der Waals surface area contributed by atoms with Crippen molar-refractivity contribution in [3.05, 3.63) is 54.2 Å². The smallest absolute Gasteiger partial charge is 0.117 e. The molecular formula is C22H32N4O. The summed E-state index contributed by atoms with van der Waals surface area (Å²) in [5, 5.41) is 3.88. The predicted molar refractivity (Wildman–Crippen MR) is 107 cm³/mol. The molecule has 5 nitrogen and oxygen atoms in total. The second-order valence-corrected chi connectivity index (χ2v) is 7.94. The van der Waals surface area contributed by atoms with Crippen molar-refractivity contribution in [1.82, 2.24) is 20.1 Å². The van der Waals surface area contributed by atoms with Crippen molar-refractivity contribution in [3.63, 3.8) is 0 Å². The van der Waals surface area contributed by atoms with Gasteiger partial charge in [0.25, 0.3) is 0 Å². The number of rotatable bonds is 7. The zero-order valence-corrected chi connectivity index (χ0v) is 16.2. The molecule has 0 saturated carbocycles. The van der Waals surface area contributed by atoms with Gasteiger partial charge in [0.2, 0.25) is 0 Å². The van der Waals surface area contributed by atoms with E-state index in [1.54, 1.807) is 6.26 Å². The molecule has 2 aromatic heterocycles. The zero-order chi connectivity index (χ0) is 18.3. The normalized spacial score (nSPS) is 21.3. The van der Waals surface area contributed by atoms with Gasteiger partial charge < -0.3 is 9.73 Å². The summed E-state index contributed by atoms with van der Waals surface area (Å²) < 4.78 is 5.49. The summed E-state index contributed by atoms with van der Waals surface area (Å²) in [6.07, 6.45) is 12.1. The molecule has 4 heterocycles. The summed E-state index contributed by atoms with van der Waals surface area (Å²) in [6.45, 7) is 6.66. The van der Waals surface area contributed by atoms with Crippen LogP contribution in [0.5, 0.6) is 0 Å². The van der Waals surface area contributed by atoms with E-state index in [0.717, 1.165) is 31.9 Å². The second kappa shape index (κ2) is 9.49. The summed E-state index contributed by atoms with van der Waals surface area (Å²) in [5.41, 5.74) is 1.35. The number of nitrogens with zero attached hydrogens (tertiary/aromatic N) is 3. The first kappa shape index (κ1) is 18.7. The Hall–Kier alpha value is -1.69. The van der Waals surface area contributed by atoms with E-state index in [0.29, 0.717) is 12.1 Å². The molecule has 2 fully saturated rings. The van der Waals surface area contributed by atoms with Crippen LogP contribution in [0.25, 0.3) is 0 Å². The van der Waals surface area contributed by atoms with E-state index in [1.807, 2.05) is 18.5 Å². The molecule has 0 spiro atoms. The van der Waals surface area contributed by atoms with Crippen LogP contribution in [0.15, 0.2) is 47.3 Å². The predicted octanol–water partition coefficient (Wildman–Crippen LogP) is 3.46. The first-order chi connectivity index (χ1) is 13.4. The third-order valence-electron chi connectivity index (χ3n) is 6.05. The maximum atomic E-state index is 5.49. The van der Waals surface area contributed by atoms with Crippen LogP contribution in [0.4, 0.5) is 0 Å². The van der Waals surface area contributed by atoms with Gasteiger partial charge in [-0.1, -0.05) is 12.5 Å². The first-order valence-electron chi connectivity index (χ1n) is 10.5. The number of likely N-dealkylation sites (tertiary alicyclic amines) is 2. The maximum absolute atomic E-state index is 5.49. The Balaban J connectivity index is 1.29. The van der Waals surface area contributed by atoms with Crippen LogP contribution in [0.3, 0.4) is 0 Å². The van der Waals surface area contributed by atoms with Crippen molar-refractivity contribution in [3.8, 4) is 0 Å². The average molecular weight is 369 g/mol. The van der Waals surface area contributed by atoms with Gasteiger partial charge in [0.05, 0.1) is 12.8 Å². The number of furan rings is 1. The Morgan fingerprint density at radius 3 is 2.63 bits per heavy atom. The van der Waals surface area contributed by atoms with Crippen molar-refractivity contribution in [2.75, 3.05) is 32.7 Å². The highest BCUT2D eigenvalue weighted by molar-refractivity contribution is 5.15. The number of hydrogen-bond acceptors (Lipinski definition) is 5. The van der Waals surface area contributed by atoms with Gasteiger partial charge in [-0.05, 0) is 62.5 Å². The van der Waals surface area contributed by atoms with Crippen molar-refractivity contribution in [1.29, 1.82) is 0 Å². The Kier molecular flexibility index (Phi) is 6.56. The third-order valence-corrected chi connectivity index (χ3v) is 6.05. The minimum Gasteiger partial charge on any atom is -0.468 e. The number of aromatic nitrogens is 1. The van der Waals surface area contributed by atoms with E-state index < -0.39 is 0 Å². The van der Waals surface area contributed by atoms with Gasteiger partial charge in [-0.3, -0.25) is 14.8 Å². The van der Waals surface area contributed by atoms with Gasteiger partial charge in [0, 0.05) is 44.1 Å². The molecular weight excluding hydrogens is 336 g/mol. The minimum absolute atomic E-state index is 0.445. The topological polar surface area (TPSA) is 44.5 Å². The molecule has 2 aromatic rings. The monoisotopic (exact) mass is 368 g/mol. The number of nitrogens with one attached hydrogen (secondary N) is 1. The van der Waals surface area contributed by atoms with E-state index in [2.05, 4.69) is 38.3 Å². The molecule has 27 heavy (non-hydrogen) atoms. The quantitative estimate of drug-likeness (QED) is 0.811. The molecule has 5 heteroatoms. The van der Waals surface area contributed by atoms with Crippen LogP contribution < -0.4 is 5.32 Å². The van der Waals surface area contributed by atoms with E-state index in [4.69, 9.17) is 4.42 Å². The van der Waals surface area contributed by atoms with Gasteiger partial charge in [0.15, 0.2) is 0 Å². The van der Waals surface area contributed by atoms with Gasteiger partial charge >= 0.3 is 0 Å². The second-order valence-electron chi connectivity index (χ2n) is 7.94. The van der Waals surface area contributed by atoms with E-state index in [9.17, 15) is 0 Å². The Morgan fingerprint density at radius 2 is 1.93 bits per heavy atom. The Bertz CT molecular complexity index is 646. The number of pyridine rings is 1. The van der Waals surface area contributed by atoms with Crippen LogP contribution in [0.1, 0.15) is 49.5 Å². The highest BCUT2D eigenvalue weighted by Gasteiger charge is 2.25. The van der Waals surface area contributed by atoms with Crippen molar-refractivity contribution in [2.24, 2.45) is 0 Å². The Morgan fingerprint density at radius 1 is 1.07 bits per heavy atom. The molecule has 2 aliphatic rings. The molecule has 0 bridgehead atoms. The van der Waals surface area contributed by atoms with Crippen LogP contribution in [0, 0.1) is 0 Å². The maximum Gasteiger partial charge on any atom is 0.117 e. The summed E-state index contributed by atoms with van der Waals surface area (Å²) in [6, 6.07) is 9.41. The fourth-order valence-electron chi connectivity index (χ4n) is 4.46. The lowest BCUT2D eigenvalue weighted by molar-refractivity contribution is 0.143. The largest absolute Gasteiger partial charge is 0.468 e. The molecule has 4 rings (SSSR count). The molecule has 146 valence electrons. The average Bonchev–Trinajstić information content (AvgIpc) is 3.24. The SMILES string of the molecule is c1cncc([C@H](CNC2CCN(Cc3ccco3)CC2)N2CCCCC2)c1. The fourth-order valence-corrected chi connectivity index (χ4v) is 4.46. The van der Waals surface area contributed by atoms with Crippen molar-refractivity contribution < 1.29 is 4.42 Å². The van der Waals surface area contributed by atoms with Gasteiger partial charge in [-0.2, -0.15) is 0 Å². The minimum atomic E-state index is 0.445. The van der Waals surface area contributed by atoms with E-state index in [-0.39, 0.29) is 0 Å². The van der Waals surface area contributed by atoms with E-state index in [1.165, 1.54) is 50.8 Å². The van der Waals surface area contributed by atoms with Crippen LogP contribution >= 0.6 is 0 Å². The lowest BCUT2D eigenvalue weighted by atomic mass is 10.0. The highest BCUT2D eigenvalue weighted by atomic mass is 16.3. The molecule has 0 aliphatic carbocycles. The van der Waals surface area contributed by atoms with Gasteiger partial charge in [0.1, 0.15) is 5.76 Å². The molecule has 2 saturated heterocycles. The summed E-state index contributed by atoms with van der Waals surface area (Å²) >= 11 is 0. The highest BCUT2D eigenvalue weighted by Crippen LogP contribution is 2.24. The summed E-state index contributed by atoms with van der Waals surface area (Å²) in [4.78, 5) is 9.52. The lowest BCUT2D eigenvalue weighted by Crippen LogP contribution is -2.46. The molecule has 2 aliphatic heterocycles. The first-order valence-corrected chi connectivity index (χ1v) is 10.5. The molecule has 0 amide bonds. The fraction of sp³-hybridized carbons (Fsp3) is 0.591. The number of piperidine rings is 2. The van der Waals surface area contributed by atoms with E-state index >= 15 is 0 Å². The van der Waals surface area contributed by atoms with Crippen molar-refractivity contribution in [2.45, 2.75) is 50.7 Å². The molecule has 0 radical (unpaired) electrons. The lowest BCUT2D eigenvalue weighted by Gasteiger charge is -2.37. The van der Waals surface area contributed by atoms with Crippen molar-refractivity contribution >= 4 is 0 Å². The summed E-state index contributed by atoms with van der Waals surface area (Å²) in [5.74, 6) is 1.07. The van der Waals surface area contributed by atoms with Gasteiger partial charge in [-0.15, -0.1) is 0 Å². The van der Waals surface area contributed by atoms with Crippen LogP contribution in [-0.4, -0.2) is 53.5 Å². The molecule has 1 N–H and O–H groups in total. The zero-order valence-electron chi connectivity index (χ0n) is 16.2. The third kappa shape index (κ3) is 5.18. The number of hydrogen-bond donors (Lipinski definition) is 1. The van der Waals surface area contributed by atoms with Gasteiger partial charge in [-0.25, -0.2) is 0 Å². The standard InChI is InChI=1S/C22H32N4O/c1-2-11-26(12-3-1)22(19-6-4-10-23-16-19)17-24-20-8-13-25(14-9-20)18-21-7-5-15-27-21/h4-7,10,15-16,20,22,24H,1-3,8-9,11-14,17-18H2/t22-/m0/s1.